The molecule has 0 aromatic heterocycles. The highest BCUT2D eigenvalue weighted by atomic mass is 19.1. The number of aliphatic carboxylic acids is 2. The van der Waals surface area contributed by atoms with E-state index in [2.05, 4.69) is 0 Å². The quantitative estimate of drug-likeness (QED) is 0.571. The number of carboxylic acids is 2. The predicted molar refractivity (Wildman–Crippen MR) is 31.8 cm³/mol. The minimum Gasteiger partial charge on any atom is -0.480 e. The van der Waals surface area contributed by atoms with E-state index in [0.29, 0.717) is 0 Å². The summed E-state index contributed by atoms with van der Waals surface area (Å²) in [7, 11) is 0. The van der Waals surface area contributed by atoms with Crippen molar-refractivity contribution in [3.63, 3.8) is 0 Å². The maximum atomic E-state index is 12.2. The summed E-state index contributed by atoms with van der Waals surface area (Å²) in [4.78, 5) is 20.7. The summed E-state index contributed by atoms with van der Waals surface area (Å²) in [6, 6.07) is 0. The van der Waals surface area contributed by atoms with E-state index in [9.17, 15) is 14.0 Å². The van der Waals surface area contributed by atoms with Gasteiger partial charge in [0.2, 0.25) is 0 Å². The Bertz CT molecular complexity index is 191. The summed E-state index contributed by atoms with van der Waals surface area (Å²) < 4.78 is 12.2. The lowest BCUT2D eigenvalue weighted by Crippen LogP contribution is -2.50. The van der Waals surface area contributed by atoms with Crippen molar-refractivity contribution in [1.29, 1.82) is 0 Å². The predicted octanol–water partition coefficient (Wildman–Crippen LogP) is 0.274. The molecule has 0 aliphatic heterocycles. The standard InChI is InChI=1S/C6H7FO4/c7-3-1-6(2-3,4(8)9)5(10)11/h3H,1-2H2,(H,8,9)(H,10,11). The highest BCUT2D eigenvalue weighted by Gasteiger charge is 2.57. The second kappa shape index (κ2) is 2.18. The molecular weight excluding hydrogens is 155 g/mol. The molecule has 0 bridgehead atoms. The van der Waals surface area contributed by atoms with Gasteiger partial charge in [0.15, 0.2) is 5.41 Å². The zero-order chi connectivity index (χ0) is 8.65. The van der Waals surface area contributed by atoms with Gasteiger partial charge in [-0.25, -0.2) is 4.39 Å². The van der Waals surface area contributed by atoms with E-state index in [1.807, 2.05) is 0 Å². The lowest BCUT2D eigenvalue weighted by Gasteiger charge is -2.35. The van der Waals surface area contributed by atoms with Crippen molar-refractivity contribution in [2.24, 2.45) is 5.41 Å². The van der Waals surface area contributed by atoms with E-state index >= 15 is 0 Å². The fraction of sp³-hybridized carbons (Fsp3) is 0.667. The zero-order valence-corrected chi connectivity index (χ0v) is 5.58. The molecule has 0 atom stereocenters. The van der Waals surface area contributed by atoms with Gasteiger partial charge in [-0.15, -0.1) is 0 Å². The smallest absolute Gasteiger partial charge is 0.321 e. The van der Waals surface area contributed by atoms with E-state index < -0.39 is 36.4 Å². The Hall–Kier alpha value is -1.13. The van der Waals surface area contributed by atoms with E-state index in [0.717, 1.165) is 0 Å². The van der Waals surface area contributed by atoms with E-state index in [4.69, 9.17) is 10.2 Å². The van der Waals surface area contributed by atoms with Crippen LogP contribution in [0, 0.1) is 5.41 Å². The number of hydrogen-bond acceptors (Lipinski definition) is 2. The highest BCUT2D eigenvalue weighted by molar-refractivity contribution is 5.99. The van der Waals surface area contributed by atoms with Crippen molar-refractivity contribution < 1.29 is 24.2 Å². The van der Waals surface area contributed by atoms with E-state index in [1.54, 1.807) is 0 Å². The summed E-state index contributed by atoms with van der Waals surface area (Å²) in [5, 5.41) is 16.8. The van der Waals surface area contributed by atoms with Crippen molar-refractivity contribution in [3.05, 3.63) is 0 Å². The van der Waals surface area contributed by atoms with Crippen LogP contribution in [0.15, 0.2) is 0 Å². The summed E-state index contributed by atoms with van der Waals surface area (Å²) in [6.45, 7) is 0. The van der Waals surface area contributed by atoms with Gasteiger partial charge < -0.3 is 10.2 Å². The minimum absolute atomic E-state index is 0.405. The van der Waals surface area contributed by atoms with Crippen molar-refractivity contribution in [2.75, 3.05) is 0 Å². The third kappa shape index (κ3) is 0.961. The summed E-state index contributed by atoms with van der Waals surface area (Å²) in [6.07, 6.45) is -2.09. The molecule has 5 heteroatoms. The maximum Gasteiger partial charge on any atom is 0.321 e. The molecule has 0 aromatic rings. The van der Waals surface area contributed by atoms with Crippen LogP contribution < -0.4 is 0 Å². The van der Waals surface area contributed by atoms with Crippen LogP contribution in [-0.4, -0.2) is 28.3 Å². The Labute approximate surface area is 61.6 Å². The van der Waals surface area contributed by atoms with Gasteiger partial charge >= 0.3 is 11.9 Å². The number of carboxylic acid groups (broad SMARTS) is 2. The first-order valence-corrected chi connectivity index (χ1v) is 3.10. The van der Waals surface area contributed by atoms with Crippen LogP contribution >= 0.6 is 0 Å². The number of carbonyl (C=O) groups is 2. The van der Waals surface area contributed by atoms with Crippen LogP contribution in [0.4, 0.5) is 4.39 Å². The molecule has 4 nitrogen and oxygen atoms in total. The zero-order valence-electron chi connectivity index (χ0n) is 5.58. The first kappa shape index (κ1) is 7.97. The molecule has 1 saturated carbocycles. The van der Waals surface area contributed by atoms with Crippen molar-refractivity contribution in [1.82, 2.24) is 0 Å². The number of rotatable bonds is 2. The molecular formula is C6H7FO4. The van der Waals surface area contributed by atoms with Crippen LogP contribution in [0.1, 0.15) is 12.8 Å². The third-order valence-corrected chi connectivity index (χ3v) is 1.96. The molecule has 1 rings (SSSR count). The first-order valence-electron chi connectivity index (χ1n) is 3.10. The molecule has 0 saturated heterocycles. The van der Waals surface area contributed by atoms with E-state index in [1.165, 1.54) is 0 Å². The lowest BCUT2D eigenvalue weighted by molar-refractivity contribution is -0.176. The Morgan fingerprint density at radius 2 is 1.64 bits per heavy atom. The van der Waals surface area contributed by atoms with Gasteiger partial charge in [-0.05, 0) is 0 Å². The van der Waals surface area contributed by atoms with Gasteiger partial charge in [0, 0.05) is 12.8 Å². The van der Waals surface area contributed by atoms with Gasteiger partial charge in [0.1, 0.15) is 6.17 Å². The molecule has 11 heavy (non-hydrogen) atoms. The molecule has 0 radical (unpaired) electrons. The minimum atomic E-state index is -1.85. The Morgan fingerprint density at radius 3 is 1.73 bits per heavy atom. The third-order valence-electron chi connectivity index (χ3n) is 1.96. The number of hydrogen-bond donors (Lipinski definition) is 2. The normalized spacial score (nSPS) is 22.3. The Morgan fingerprint density at radius 1 is 1.27 bits per heavy atom. The number of alkyl halides is 1. The monoisotopic (exact) mass is 162 g/mol. The molecule has 1 aliphatic rings. The van der Waals surface area contributed by atoms with Gasteiger partial charge in [0.25, 0.3) is 0 Å². The molecule has 1 fully saturated rings. The fourth-order valence-corrected chi connectivity index (χ4v) is 1.14. The lowest BCUT2D eigenvalue weighted by atomic mass is 9.67. The largest absolute Gasteiger partial charge is 0.480 e. The highest BCUT2D eigenvalue weighted by Crippen LogP contribution is 2.43. The molecule has 0 heterocycles. The van der Waals surface area contributed by atoms with Gasteiger partial charge in [0.05, 0.1) is 0 Å². The fourth-order valence-electron chi connectivity index (χ4n) is 1.14. The summed E-state index contributed by atoms with van der Waals surface area (Å²) >= 11 is 0. The molecule has 2 N–H and O–H groups in total. The van der Waals surface area contributed by atoms with Gasteiger partial charge in [-0.2, -0.15) is 0 Å². The van der Waals surface area contributed by atoms with Crippen molar-refractivity contribution in [2.45, 2.75) is 19.0 Å². The Kier molecular flexibility index (Phi) is 1.58. The van der Waals surface area contributed by atoms with Crippen LogP contribution in [0.3, 0.4) is 0 Å². The number of halogens is 1. The van der Waals surface area contributed by atoms with Gasteiger partial charge in [-0.3, -0.25) is 9.59 Å². The second-order valence-electron chi connectivity index (χ2n) is 2.70. The molecule has 1 aliphatic carbocycles. The second-order valence-corrected chi connectivity index (χ2v) is 2.70. The topological polar surface area (TPSA) is 74.6 Å². The van der Waals surface area contributed by atoms with Crippen LogP contribution in [0.5, 0.6) is 0 Å². The van der Waals surface area contributed by atoms with Crippen molar-refractivity contribution in [3.8, 4) is 0 Å². The van der Waals surface area contributed by atoms with E-state index in [-0.39, 0.29) is 0 Å². The molecule has 0 spiro atoms. The maximum absolute atomic E-state index is 12.2. The average molecular weight is 162 g/mol. The van der Waals surface area contributed by atoms with Gasteiger partial charge in [-0.1, -0.05) is 0 Å². The molecule has 0 amide bonds. The van der Waals surface area contributed by atoms with Crippen LogP contribution in [0.2, 0.25) is 0 Å². The van der Waals surface area contributed by atoms with Crippen LogP contribution in [0.25, 0.3) is 0 Å². The van der Waals surface area contributed by atoms with Crippen LogP contribution in [-0.2, 0) is 9.59 Å². The molecule has 62 valence electrons. The average Bonchev–Trinajstić information content (AvgIpc) is 1.78. The first-order chi connectivity index (χ1) is 4.99. The summed E-state index contributed by atoms with van der Waals surface area (Å²) in [5.41, 5.74) is -1.85. The Balaban J connectivity index is 2.77. The molecule has 0 unspecified atom stereocenters. The molecule has 0 aromatic carbocycles. The van der Waals surface area contributed by atoms with Crippen molar-refractivity contribution >= 4 is 11.9 Å². The SMILES string of the molecule is O=C(O)C1(C(=O)O)CC(F)C1. The summed E-state index contributed by atoms with van der Waals surface area (Å²) in [5.74, 6) is -2.89.